The van der Waals surface area contributed by atoms with Crippen molar-refractivity contribution >= 4 is 16.7 Å². The molecule has 0 unspecified atom stereocenters. The zero-order valence-corrected chi connectivity index (χ0v) is 11.5. The van der Waals surface area contributed by atoms with Crippen LogP contribution in [0.2, 0.25) is 0 Å². The van der Waals surface area contributed by atoms with Crippen molar-refractivity contribution in [3.63, 3.8) is 0 Å². The van der Waals surface area contributed by atoms with Gasteiger partial charge in [-0.25, -0.2) is 4.98 Å². The number of aromatic nitrogens is 1. The van der Waals surface area contributed by atoms with E-state index in [9.17, 15) is 5.11 Å². The molecule has 0 radical (unpaired) electrons. The molecule has 0 amide bonds. The minimum Gasteiger partial charge on any atom is -0.494 e. The van der Waals surface area contributed by atoms with Crippen LogP contribution in [0.3, 0.4) is 0 Å². The van der Waals surface area contributed by atoms with Crippen LogP contribution in [0.5, 0.6) is 5.75 Å². The molecule has 5 heteroatoms. The van der Waals surface area contributed by atoms with E-state index in [-0.39, 0.29) is 12.1 Å². The largest absolute Gasteiger partial charge is 0.494 e. The summed E-state index contributed by atoms with van der Waals surface area (Å²) in [4.78, 5) is 4.61. The highest BCUT2D eigenvalue weighted by atomic mass is 16.5. The third kappa shape index (κ3) is 2.55. The lowest BCUT2D eigenvalue weighted by atomic mass is 10.0. The van der Waals surface area contributed by atoms with Crippen LogP contribution in [0.15, 0.2) is 30.3 Å². The van der Waals surface area contributed by atoms with Crippen LogP contribution in [-0.4, -0.2) is 42.4 Å². The third-order valence-corrected chi connectivity index (χ3v) is 3.69. The third-order valence-electron chi connectivity index (χ3n) is 3.69. The van der Waals surface area contributed by atoms with Crippen LogP contribution < -0.4 is 15.4 Å². The number of aliphatic hydroxyl groups is 1. The Bertz CT molecular complexity index is 603. The Labute approximate surface area is 118 Å². The van der Waals surface area contributed by atoms with Crippen LogP contribution in [-0.2, 0) is 0 Å². The maximum absolute atomic E-state index is 9.97. The van der Waals surface area contributed by atoms with Crippen LogP contribution in [0.25, 0.3) is 10.9 Å². The lowest BCUT2D eigenvalue weighted by Crippen LogP contribution is -2.47. The Morgan fingerprint density at radius 3 is 3.05 bits per heavy atom. The SMILES string of the molecule is COc1cccc2ccc(N[C@@H]3CCNC[C@H]3O)nc12. The molecule has 3 rings (SSSR count). The van der Waals surface area contributed by atoms with E-state index >= 15 is 0 Å². The van der Waals surface area contributed by atoms with E-state index in [2.05, 4.69) is 15.6 Å². The smallest absolute Gasteiger partial charge is 0.145 e. The van der Waals surface area contributed by atoms with E-state index in [0.29, 0.717) is 6.54 Å². The van der Waals surface area contributed by atoms with Gasteiger partial charge in [0.15, 0.2) is 0 Å². The molecular weight excluding hydrogens is 254 g/mol. The number of rotatable bonds is 3. The highest BCUT2D eigenvalue weighted by Crippen LogP contribution is 2.25. The molecule has 106 valence electrons. The molecule has 1 aromatic heterocycles. The van der Waals surface area contributed by atoms with Crippen molar-refractivity contribution in [2.45, 2.75) is 18.6 Å². The molecular formula is C15H19N3O2. The van der Waals surface area contributed by atoms with Crippen LogP contribution in [0, 0.1) is 0 Å². The number of nitrogens with one attached hydrogen (secondary N) is 2. The molecule has 0 spiro atoms. The van der Waals surface area contributed by atoms with Crippen molar-refractivity contribution in [2.75, 3.05) is 25.5 Å². The van der Waals surface area contributed by atoms with Gasteiger partial charge in [-0.3, -0.25) is 0 Å². The first kappa shape index (κ1) is 13.1. The fourth-order valence-corrected chi connectivity index (χ4v) is 2.57. The fraction of sp³-hybridized carbons (Fsp3) is 0.400. The Morgan fingerprint density at radius 1 is 1.35 bits per heavy atom. The van der Waals surface area contributed by atoms with E-state index in [0.717, 1.165) is 35.4 Å². The molecule has 2 heterocycles. The lowest BCUT2D eigenvalue weighted by molar-refractivity contribution is 0.128. The molecule has 1 aliphatic heterocycles. The number of β-amino-alcohol motifs (C(OH)–C–C–N with tert-alkyl or cyclic N) is 1. The zero-order valence-electron chi connectivity index (χ0n) is 11.5. The topological polar surface area (TPSA) is 66.4 Å². The number of pyridine rings is 1. The fourth-order valence-electron chi connectivity index (χ4n) is 2.57. The minimum absolute atomic E-state index is 0.0379. The molecule has 0 saturated carbocycles. The number of ether oxygens (including phenoxy) is 1. The summed E-state index contributed by atoms with van der Waals surface area (Å²) >= 11 is 0. The summed E-state index contributed by atoms with van der Waals surface area (Å²) in [5.74, 6) is 1.53. The van der Waals surface area contributed by atoms with Gasteiger partial charge in [0.25, 0.3) is 0 Å². The number of benzene rings is 1. The molecule has 1 aliphatic rings. The second-order valence-corrected chi connectivity index (χ2v) is 5.04. The van der Waals surface area contributed by atoms with Gasteiger partial charge in [0.2, 0.25) is 0 Å². The number of anilines is 1. The van der Waals surface area contributed by atoms with Gasteiger partial charge in [-0.2, -0.15) is 0 Å². The van der Waals surface area contributed by atoms with E-state index < -0.39 is 0 Å². The summed E-state index contributed by atoms with van der Waals surface area (Å²) in [6, 6.07) is 9.85. The Hall–Kier alpha value is -1.85. The van der Waals surface area contributed by atoms with Gasteiger partial charge in [-0.15, -0.1) is 0 Å². The highest BCUT2D eigenvalue weighted by molar-refractivity contribution is 5.85. The van der Waals surface area contributed by atoms with Crippen molar-refractivity contribution < 1.29 is 9.84 Å². The predicted octanol–water partition coefficient (Wildman–Crippen LogP) is 1.38. The average Bonchev–Trinajstić information content (AvgIpc) is 2.49. The standard InChI is InChI=1S/C15H19N3O2/c1-20-13-4-2-3-10-5-6-14(18-15(10)13)17-11-7-8-16-9-12(11)19/h2-6,11-12,16,19H,7-9H2,1H3,(H,17,18)/t11-,12-/m1/s1. The number of hydrogen-bond acceptors (Lipinski definition) is 5. The van der Waals surface area contributed by atoms with Crippen molar-refractivity contribution in [3.8, 4) is 5.75 Å². The van der Waals surface area contributed by atoms with E-state index in [1.807, 2.05) is 30.3 Å². The summed E-state index contributed by atoms with van der Waals surface area (Å²) in [5, 5.41) is 17.5. The lowest BCUT2D eigenvalue weighted by Gasteiger charge is -2.29. The summed E-state index contributed by atoms with van der Waals surface area (Å²) in [6.45, 7) is 1.53. The van der Waals surface area contributed by atoms with Gasteiger partial charge in [0.05, 0.1) is 19.3 Å². The second-order valence-electron chi connectivity index (χ2n) is 5.04. The van der Waals surface area contributed by atoms with Crippen molar-refractivity contribution in [2.24, 2.45) is 0 Å². The summed E-state index contributed by atoms with van der Waals surface area (Å²) in [6.07, 6.45) is 0.492. The number of methoxy groups -OCH3 is 1. The first-order chi connectivity index (χ1) is 9.78. The minimum atomic E-state index is -0.390. The summed E-state index contributed by atoms with van der Waals surface area (Å²) in [7, 11) is 1.65. The van der Waals surface area contributed by atoms with Gasteiger partial charge in [0, 0.05) is 11.9 Å². The Balaban J connectivity index is 1.88. The Morgan fingerprint density at radius 2 is 2.25 bits per heavy atom. The summed E-state index contributed by atoms with van der Waals surface area (Å²) in [5.41, 5.74) is 0.837. The molecule has 1 aromatic carbocycles. The normalized spacial score (nSPS) is 22.7. The maximum Gasteiger partial charge on any atom is 0.145 e. The monoisotopic (exact) mass is 273 g/mol. The zero-order chi connectivity index (χ0) is 13.9. The number of nitrogens with zero attached hydrogens (tertiary/aromatic N) is 1. The number of piperidine rings is 1. The first-order valence-electron chi connectivity index (χ1n) is 6.87. The molecule has 0 aliphatic carbocycles. The Kier molecular flexibility index (Phi) is 3.71. The summed E-state index contributed by atoms with van der Waals surface area (Å²) < 4.78 is 5.34. The first-order valence-corrected chi connectivity index (χ1v) is 6.87. The highest BCUT2D eigenvalue weighted by Gasteiger charge is 2.22. The maximum atomic E-state index is 9.97. The molecule has 5 nitrogen and oxygen atoms in total. The van der Waals surface area contributed by atoms with Gasteiger partial charge in [-0.05, 0) is 31.2 Å². The molecule has 1 fully saturated rings. The molecule has 0 bridgehead atoms. The number of para-hydroxylation sites is 1. The molecule has 2 atom stereocenters. The van der Waals surface area contributed by atoms with Crippen LogP contribution in [0.4, 0.5) is 5.82 Å². The molecule has 1 saturated heterocycles. The number of fused-ring (bicyclic) bond motifs is 1. The number of hydrogen-bond donors (Lipinski definition) is 3. The van der Waals surface area contributed by atoms with Gasteiger partial charge < -0.3 is 20.5 Å². The quantitative estimate of drug-likeness (QED) is 0.788. The van der Waals surface area contributed by atoms with Crippen molar-refractivity contribution in [1.82, 2.24) is 10.3 Å². The van der Waals surface area contributed by atoms with E-state index in [4.69, 9.17) is 4.74 Å². The molecule has 20 heavy (non-hydrogen) atoms. The number of aliphatic hydroxyl groups excluding tert-OH is 1. The van der Waals surface area contributed by atoms with Gasteiger partial charge in [0.1, 0.15) is 17.1 Å². The van der Waals surface area contributed by atoms with E-state index in [1.54, 1.807) is 7.11 Å². The van der Waals surface area contributed by atoms with E-state index in [1.165, 1.54) is 0 Å². The van der Waals surface area contributed by atoms with Crippen LogP contribution in [0.1, 0.15) is 6.42 Å². The van der Waals surface area contributed by atoms with Crippen LogP contribution >= 0.6 is 0 Å². The predicted molar refractivity (Wildman–Crippen MR) is 79.2 cm³/mol. The van der Waals surface area contributed by atoms with Gasteiger partial charge in [-0.1, -0.05) is 12.1 Å². The van der Waals surface area contributed by atoms with Gasteiger partial charge >= 0.3 is 0 Å². The average molecular weight is 273 g/mol. The molecule has 3 N–H and O–H groups in total. The molecule has 2 aromatic rings. The second kappa shape index (κ2) is 5.64. The van der Waals surface area contributed by atoms with Crippen molar-refractivity contribution in [1.29, 1.82) is 0 Å². The van der Waals surface area contributed by atoms with Crippen molar-refractivity contribution in [3.05, 3.63) is 30.3 Å².